The van der Waals surface area contributed by atoms with Crippen molar-refractivity contribution in [3.63, 3.8) is 0 Å². The molecule has 0 unspecified atom stereocenters. The Morgan fingerprint density at radius 1 is 0.579 bits per heavy atom. The fourth-order valence-corrected chi connectivity index (χ4v) is 1.79. The van der Waals surface area contributed by atoms with Crippen LogP contribution in [-0.4, -0.2) is 0 Å². The predicted molar refractivity (Wildman–Crippen MR) is 74.1 cm³/mol. The highest BCUT2D eigenvalue weighted by Crippen LogP contribution is 2.22. The quantitative estimate of drug-likeness (QED) is 0.595. The Hall–Kier alpha value is -1.76. The lowest BCUT2D eigenvalue weighted by Gasteiger charge is -2.35. The van der Waals surface area contributed by atoms with Gasteiger partial charge in [0, 0.05) is 11.1 Å². The summed E-state index contributed by atoms with van der Waals surface area (Å²) in [6, 6.07) is 18.0. The fourth-order valence-electron chi connectivity index (χ4n) is 1.79. The van der Waals surface area contributed by atoms with Crippen molar-refractivity contribution in [2.45, 2.75) is 11.7 Å². The summed E-state index contributed by atoms with van der Waals surface area (Å²) in [7, 11) is 0. The van der Waals surface area contributed by atoms with Gasteiger partial charge in [-0.3, -0.25) is 22.9 Å². The van der Waals surface area contributed by atoms with Crippen molar-refractivity contribution in [3.8, 4) is 0 Å². The Balaban J connectivity index is 2.25. The third kappa shape index (κ3) is 3.17. The number of hydrogen-bond acceptors (Lipinski definition) is 5. The lowest BCUT2D eigenvalue weighted by molar-refractivity contribution is -0.159. The molecule has 5 heteroatoms. The van der Waals surface area contributed by atoms with Gasteiger partial charge in [-0.05, 0) is 0 Å². The van der Waals surface area contributed by atoms with E-state index in [4.69, 9.17) is 27.7 Å². The van der Waals surface area contributed by atoms with Crippen molar-refractivity contribution in [1.29, 1.82) is 0 Å². The van der Waals surface area contributed by atoms with Crippen LogP contribution in [0, 0.1) is 0 Å². The minimum atomic E-state index is -1.57. The summed E-state index contributed by atoms with van der Waals surface area (Å²) in [6.07, 6.45) is 0. The van der Waals surface area contributed by atoms with Gasteiger partial charge in [-0.1, -0.05) is 60.7 Å². The van der Waals surface area contributed by atoms with E-state index in [1.807, 2.05) is 36.4 Å². The molecule has 0 amide bonds. The summed E-state index contributed by atoms with van der Waals surface area (Å²) < 4.78 is 5.51. The first kappa shape index (κ1) is 13.7. The molecule has 0 saturated carbocycles. The number of rotatable bonds is 4. The lowest BCUT2D eigenvalue weighted by atomic mass is 10.1. The molecule has 0 aromatic heterocycles. The fraction of sp³-hybridized carbons (Fsp3) is 0.143. The van der Waals surface area contributed by atoms with Crippen LogP contribution in [0.5, 0.6) is 0 Å². The van der Waals surface area contributed by atoms with Gasteiger partial charge in [-0.25, -0.2) is 0 Å². The molecule has 0 atom stereocenters. The first-order valence-electron chi connectivity index (χ1n) is 5.88. The lowest BCUT2D eigenvalue weighted by Crippen LogP contribution is -2.60. The molecule has 0 bridgehead atoms. The smallest absolute Gasteiger partial charge is 0.200 e. The van der Waals surface area contributed by atoms with E-state index in [2.05, 4.69) is 0 Å². The zero-order valence-corrected chi connectivity index (χ0v) is 10.5. The molecule has 0 aliphatic heterocycles. The van der Waals surface area contributed by atoms with Gasteiger partial charge in [0.2, 0.25) is 11.7 Å². The van der Waals surface area contributed by atoms with Crippen molar-refractivity contribution in [1.82, 2.24) is 0 Å². The third-order valence-corrected chi connectivity index (χ3v) is 2.79. The number of hydrogen-bond donors (Lipinski definition) is 4. The van der Waals surface area contributed by atoms with E-state index >= 15 is 0 Å². The highest BCUT2D eigenvalue weighted by Gasteiger charge is 2.34. The summed E-state index contributed by atoms with van der Waals surface area (Å²) in [5.74, 6) is -3.14. The molecule has 0 aliphatic rings. The Morgan fingerprint density at radius 2 is 0.895 bits per heavy atom. The van der Waals surface area contributed by atoms with Crippen molar-refractivity contribution < 1.29 is 4.74 Å². The normalized spacial score (nSPS) is 12.4. The van der Waals surface area contributed by atoms with Crippen LogP contribution in [0.4, 0.5) is 0 Å². The molecule has 2 aromatic carbocycles. The molecular formula is C14H18N4O. The van der Waals surface area contributed by atoms with Crippen LogP contribution in [0.15, 0.2) is 60.7 Å². The summed E-state index contributed by atoms with van der Waals surface area (Å²) >= 11 is 0. The molecule has 2 rings (SSSR count). The second-order valence-electron chi connectivity index (χ2n) is 4.42. The molecule has 0 saturated heterocycles. The summed E-state index contributed by atoms with van der Waals surface area (Å²) in [5, 5.41) is 0. The van der Waals surface area contributed by atoms with Crippen molar-refractivity contribution >= 4 is 0 Å². The van der Waals surface area contributed by atoms with Crippen LogP contribution in [0.2, 0.25) is 0 Å². The first-order valence-corrected chi connectivity index (χ1v) is 5.88. The molecule has 0 radical (unpaired) electrons. The molecule has 0 heterocycles. The molecular weight excluding hydrogens is 240 g/mol. The minimum Gasteiger partial charge on any atom is -0.305 e. The molecule has 19 heavy (non-hydrogen) atoms. The topological polar surface area (TPSA) is 113 Å². The monoisotopic (exact) mass is 258 g/mol. The van der Waals surface area contributed by atoms with E-state index < -0.39 is 11.7 Å². The number of ether oxygens (including phenoxy) is 1. The SMILES string of the molecule is NC(N)(OC(N)(N)c1ccccc1)c1ccccc1. The van der Waals surface area contributed by atoms with Gasteiger partial charge in [0.25, 0.3) is 0 Å². The average molecular weight is 258 g/mol. The molecule has 100 valence electrons. The standard InChI is InChI=1S/C14H18N4O/c15-13(16,11-7-3-1-4-8-11)19-14(17,18)12-9-5-2-6-10-12/h1-10H,15-18H2. The molecule has 0 spiro atoms. The highest BCUT2D eigenvalue weighted by atomic mass is 16.6. The average Bonchev–Trinajstić information content (AvgIpc) is 2.40. The van der Waals surface area contributed by atoms with E-state index in [1.165, 1.54) is 0 Å². The molecule has 2 aromatic rings. The van der Waals surface area contributed by atoms with Gasteiger partial charge in [0.15, 0.2) is 0 Å². The predicted octanol–water partition coefficient (Wildman–Crippen LogP) is 0.459. The maximum atomic E-state index is 5.96. The summed E-state index contributed by atoms with van der Waals surface area (Å²) in [6.45, 7) is 0. The van der Waals surface area contributed by atoms with E-state index in [1.54, 1.807) is 24.3 Å². The Labute approximate surface area is 112 Å². The zero-order chi connectivity index (χ0) is 13.9. The second-order valence-corrected chi connectivity index (χ2v) is 4.42. The Kier molecular flexibility index (Phi) is 3.66. The molecule has 0 fully saturated rings. The summed E-state index contributed by atoms with van der Waals surface area (Å²) in [4.78, 5) is 0. The van der Waals surface area contributed by atoms with Crippen LogP contribution >= 0.6 is 0 Å². The molecule has 8 N–H and O–H groups in total. The van der Waals surface area contributed by atoms with Crippen LogP contribution in [0.25, 0.3) is 0 Å². The van der Waals surface area contributed by atoms with Crippen molar-refractivity contribution in [2.24, 2.45) is 22.9 Å². The molecule has 0 aliphatic carbocycles. The maximum absolute atomic E-state index is 5.96. The Morgan fingerprint density at radius 3 is 1.21 bits per heavy atom. The molecule has 5 nitrogen and oxygen atoms in total. The van der Waals surface area contributed by atoms with Gasteiger partial charge >= 0.3 is 0 Å². The van der Waals surface area contributed by atoms with Gasteiger partial charge in [0.1, 0.15) is 0 Å². The van der Waals surface area contributed by atoms with Gasteiger partial charge in [0.05, 0.1) is 0 Å². The number of nitrogens with two attached hydrogens (primary N) is 4. The zero-order valence-electron chi connectivity index (χ0n) is 10.5. The Bertz CT molecular complexity index is 476. The van der Waals surface area contributed by atoms with Crippen molar-refractivity contribution in [3.05, 3.63) is 71.8 Å². The van der Waals surface area contributed by atoms with Crippen LogP contribution in [-0.2, 0) is 16.4 Å². The van der Waals surface area contributed by atoms with E-state index in [-0.39, 0.29) is 0 Å². The largest absolute Gasteiger partial charge is 0.305 e. The minimum absolute atomic E-state index is 0.589. The number of benzene rings is 2. The summed E-state index contributed by atoms with van der Waals surface area (Å²) in [5.41, 5.74) is 25.0. The first-order chi connectivity index (χ1) is 8.92. The maximum Gasteiger partial charge on any atom is 0.200 e. The van der Waals surface area contributed by atoms with Crippen LogP contribution in [0.3, 0.4) is 0 Å². The van der Waals surface area contributed by atoms with Gasteiger partial charge in [-0.15, -0.1) is 0 Å². The third-order valence-electron chi connectivity index (χ3n) is 2.79. The van der Waals surface area contributed by atoms with Gasteiger partial charge in [-0.2, -0.15) is 0 Å². The van der Waals surface area contributed by atoms with E-state index in [9.17, 15) is 0 Å². The van der Waals surface area contributed by atoms with Gasteiger partial charge < -0.3 is 4.74 Å². The van der Waals surface area contributed by atoms with E-state index in [0.717, 1.165) is 0 Å². The van der Waals surface area contributed by atoms with E-state index in [0.29, 0.717) is 11.1 Å². The van der Waals surface area contributed by atoms with Crippen LogP contribution < -0.4 is 22.9 Å². The van der Waals surface area contributed by atoms with Crippen molar-refractivity contribution in [2.75, 3.05) is 0 Å². The van der Waals surface area contributed by atoms with Crippen LogP contribution in [0.1, 0.15) is 11.1 Å². The highest BCUT2D eigenvalue weighted by molar-refractivity contribution is 5.23. The second kappa shape index (κ2) is 5.08.